The fraction of sp³-hybridized carbons (Fsp3) is 0.667. The molecular formula is C12H19ClN2S. The molecule has 0 saturated carbocycles. The van der Waals surface area contributed by atoms with E-state index in [2.05, 4.69) is 30.1 Å². The standard InChI is InChI=1S/C12H19ClN2S/c1-12(2,15-7-5-14-6-8-15)9-10-3-4-11(13)16-10/h3-4,14H,5-9H2,1-2H3. The summed E-state index contributed by atoms with van der Waals surface area (Å²) in [6.45, 7) is 9.15. The zero-order chi connectivity index (χ0) is 11.6. The molecule has 1 aromatic rings. The van der Waals surface area contributed by atoms with Crippen LogP contribution in [0.2, 0.25) is 4.34 Å². The van der Waals surface area contributed by atoms with Crippen molar-refractivity contribution in [3.63, 3.8) is 0 Å². The molecule has 16 heavy (non-hydrogen) atoms. The third-order valence-electron chi connectivity index (χ3n) is 3.21. The van der Waals surface area contributed by atoms with Gasteiger partial charge in [0.25, 0.3) is 0 Å². The van der Waals surface area contributed by atoms with Crippen LogP contribution >= 0.6 is 22.9 Å². The lowest BCUT2D eigenvalue weighted by atomic mass is 9.96. The first-order chi connectivity index (χ1) is 7.58. The molecule has 90 valence electrons. The Labute approximate surface area is 107 Å². The van der Waals surface area contributed by atoms with Gasteiger partial charge in [0.05, 0.1) is 4.34 Å². The fourth-order valence-corrected chi connectivity index (χ4v) is 3.56. The first kappa shape index (κ1) is 12.4. The average molecular weight is 259 g/mol. The second-order valence-corrected chi connectivity index (χ2v) is 6.73. The number of nitrogens with one attached hydrogen (secondary N) is 1. The minimum atomic E-state index is 0.232. The van der Waals surface area contributed by atoms with E-state index in [0.717, 1.165) is 36.9 Å². The van der Waals surface area contributed by atoms with Gasteiger partial charge in [-0.25, -0.2) is 0 Å². The molecule has 0 atom stereocenters. The third kappa shape index (κ3) is 2.98. The molecule has 0 aromatic carbocycles. The van der Waals surface area contributed by atoms with Crippen LogP contribution < -0.4 is 5.32 Å². The van der Waals surface area contributed by atoms with Crippen molar-refractivity contribution in [3.05, 3.63) is 21.3 Å². The van der Waals surface area contributed by atoms with Crippen LogP contribution in [0, 0.1) is 0 Å². The van der Waals surface area contributed by atoms with E-state index < -0.39 is 0 Å². The number of hydrogen-bond acceptors (Lipinski definition) is 3. The van der Waals surface area contributed by atoms with Crippen molar-refractivity contribution in [1.82, 2.24) is 10.2 Å². The van der Waals surface area contributed by atoms with Gasteiger partial charge in [0.1, 0.15) is 0 Å². The van der Waals surface area contributed by atoms with Crippen LogP contribution in [0.25, 0.3) is 0 Å². The smallest absolute Gasteiger partial charge is 0.0931 e. The molecule has 4 heteroatoms. The summed E-state index contributed by atoms with van der Waals surface area (Å²) in [6.07, 6.45) is 1.09. The SMILES string of the molecule is CC(C)(Cc1ccc(Cl)s1)N1CCNCC1. The monoisotopic (exact) mass is 258 g/mol. The van der Waals surface area contributed by atoms with Gasteiger partial charge in [0.2, 0.25) is 0 Å². The summed E-state index contributed by atoms with van der Waals surface area (Å²) in [5.74, 6) is 0. The normalized spacial score (nSPS) is 18.9. The van der Waals surface area contributed by atoms with E-state index in [1.807, 2.05) is 6.07 Å². The predicted molar refractivity (Wildman–Crippen MR) is 71.6 cm³/mol. The zero-order valence-corrected chi connectivity index (χ0v) is 11.5. The van der Waals surface area contributed by atoms with E-state index in [1.165, 1.54) is 4.88 Å². The topological polar surface area (TPSA) is 15.3 Å². The van der Waals surface area contributed by atoms with Crippen LogP contribution in [0.3, 0.4) is 0 Å². The molecule has 2 nitrogen and oxygen atoms in total. The molecular weight excluding hydrogens is 240 g/mol. The number of halogens is 1. The Bertz CT molecular complexity index is 343. The second kappa shape index (κ2) is 5.05. The highest BCUT2D eigenvalue weighted by atomic mass is 35.5. The largest absolute Gasteiger partial charge is 0.314 e. The molecule has 0 unspecified atom stereocenters. The summed E-state index contributed by atoms with van der Waals surface area (Å²) >= 11 is 7.67. The van der Waals surface area contributed by atoms with Crippen molar-refractivity contribution < 1.29 is 0 Å². The van der Waals surface area contributed by atoms with Crippen molar-refractivity contribution in [2.75, 3.05) is 26.2 Å². The van der Waals surface area contributed by atoms with Gasteiger partial charge in [-0.1, -0.05) is 11.6 Å². The minimum Gasteiger partial charge on any atom is -0.314 e. The highest BCUT2D eigenvalue weighted by molar-refractivity contribution is 7.16. The first-order valence-electron chi connectivity index (χ1n) is 5.78. The molecule has 1 N–H and O–H groups in total. The summed E-state index contributed by atoms with van der Waals surface area (Å²) in [5.41, 5.74) is 0.232. The Morgan fingerprint density at radius 2 is 2.06 bits per heavy atom. The van der Waals surface area contributed by atoms with Gasteiger partial charge in [-0.05, 0) is 32.4 Å². The van der Waals surface area contributed by atoms with E-state index in [9.17, 15) is 0 Å². The lowest BCUT2D eigenvalue weighted by molar-refractivity contribution is 0.104. The van der Waals surface area contributed by atoms with Crippen molar-refractivity contribution in [1.29, 1.82) is 0 Å². The molecule has 0 radical (unpaired) electrons. The highest BCUT2D eigenvalue weighted by Crippen LogP contribution is 2.27. The Morgan fingerprint density at radius 3 is 2.62 bits per heavy atom. The number of thiophene rings is 1. The molecule has 1 aliphatic rings. The summed E-state index contributed by atoms with van der Waals surface area (Å²) in [7, 11) is 0. The van der Waals surface area contributed by atoms with Gasteiger partial charge < -0.3 is 5.32 Å². The van der Waals surface area contributed by atoms with Crippen LogP contribution in [0.1, 0.15) is 18.7 Å². The summed E-state index contributed by atoms with van der Waals surface area (Å²) < 4.78 is 0.895. The van der Waals surface area contributed by atoms with Gasteiger partial charge >= 0.3 is 0 Å². The quantitative estimate of drug-likeness (QED) is 0.897. The lowest BCUT2D eigenvalue weighted by Gasteiger charge is -2.41. The van der Waals surface area contributed by atoms with E-state index >= 15 is 0 Å². The lowest BCUT2D eigenvalue weighted by Crippen LogP contribution is -2.54. The Hall–Kier alpha value is -0.0900. The molecule has 0 spiro atoms. The van der Waals surface area contributed by atoms with Crippen LogP contribution in [0.4, 0.5) is 0 Å². The molecule has 0 bridgehead atoms. The molecule has 0 amide bonds. The minimum absolute atomic E-state index is 0.232. The van der Waals surface area contributed by atoms with Crippen LogP contribution in [0.5, 0.6) is 0 Å². The zero-order valence-electron chi connectivity index (χ0n) is 9.92. The van der Waals surface area contributed by atoms with Gasteiger partial charge in [-0.2, -0.15) is 0 Å². The Morgan fingerprint density at radius 1 is 1.38 bits per heavy atom. The van der Waals surface area contributed by atoms with E-state index in [-0.39, 0.29) is 5.54 Å². The number of nitrogens with zero attached hydrogens (tertiary/aromatic N) is 1. The maximum absolute atomic E-state index is 5.97. The molecule has 1 saturated heterocycles. The second-order valence-electron chi connectivity index (χ2n) is 4.93. The van der Waals surface area contributed by atoms with Crippen molar-refractivity contribution in [3.8, 4) is 0 Å². The van der Waals surface area contributed by atoms with Crippen molar-refractivity contribution in [2.24, 2.45) is 0 Å². The molecule has 1 aliphatic heterocycles. The van der Waals surface area contributed by atoms with Gasteiger partial charge in [-0.15, -0.1) is 11.3 Å². The molecule has 1 aromatic heterocycles. The molecule has 2 heterocycles. The highest BCUT2D eigenvalue weighted by Gasteiger charge is 2.28. The Kier molecular flexibility index (Phi) is 3.90. The Balaban J connectivity index is 2.00. The maximum atomic E-state index is 5.97. The van der Waals surface area contributed by atoms with Gasteiger partial charge in [-0.3, -0.25) is 4.90 Å². The number of piperazine rings is 1. The summed E-state index contributed by atoms with van der Waals surface area (Å²) in [5, 5.41) is 3.39. The van der Waals surface area contributed by atoms with Gasteiger partial charge in [0.15, 0.2) is 0 Å². The van der Waals surface area contributed by atoms with E-state index in [1.54, 1.807) is 11.3 Å². The van der Waals surface area contributed by atoms with E-state index in [0.29, 0.717) is 0 Å². The van der Waals surface area contributed by atoms with Crippen LogP contribution in [-0.2, 0) is 6.42 Å². The summed E-state index contributed by atoms with van der Waals surface area (Å²) in [6, 6.07) is 4.15. The number of rotatable bonds is 3. The fourth-order valence-electron chi connectivity index (χ4n) is 2.26. The van der Waals surface area contributed by atoms with Crippen molar-refractivity contribution >= 4 is 22.9 Å². The molecule has 2 rings (SSSR count). The summed E-state index contributed by atoms with van der Waals surface area (Å²) in [4.78, 5) is 3.95. The molecule has 1 fully saturated rings. The third-order valence-corrected chi connectivity index (χ3v) is 4.44. The van der Waals surface area contributed by atoms with Crippen molar-refractivity contribution in [2.45, 2.75) is 25.8 Å². The van der Waals surface area contributed by atoms with Crippen LogP contribution in [-0.4, -0.2) is 36.6 Å². The van der Waals surface area contributed by atoms with E-state index in [4.69, 9.17) is 11.6 Å². The van der Waals surface area contributed by atoms with Gasteiger partial charge in [0, 0.05) is 36.6 Å². The predicted octanol–water partition coefficient (Wildman–Crippen LogP) is 2.63. The molecule has 0 aliphatic carbocycles. The van der Waals surface area contributed by atoms with Crippen LogP contribution in [0.15, 0.2) is 12.1 Å². The maximum Gasteiger partial charge on any atom is 0.0931 e. The first-order valence-corrected chi connectivity index (χ1v) is 6.97. The number of hydrogen-bond donors (Lipinski definition) is 1. The average Bonchev–Trinajstić information content (AvgIpc) is 2.64.